The molecule has 0 N–H and O–H groups in total. The Morgan fingerprint density at radius 1 is 1.64 bits per heavy atom. The number of allylic oxidation sites excluding steroid dienone is 3. The summed E-state index contributed by atoms with van der Waals surface area (Å²) in [4.78, 5) is 11.4. The van der Waals surface area contributed by atoms with E-state index in [1.165, 1.54) is 0 Å². The molecule has 0 aromatic rings. The lowest BCUT2D eigenvalue weighted by molar-refractivity contribution is -0.119. The second kappa shape index (κ2) is 3.51. The smallest absolute Gasteiger partial charge is 0.161 e. The fourth-order valence-electron chi connectivity index (χ4n) is 1.48. The highest BCUT2D eigenvalue weighted by Crippen LogP contribution is 2.24. The zero-order valence-electron chi connectivity index (χ0n) is 6.97. The van der Waals surface area contributed by atoms with Crippen LogP contribution in [0.3, 0.4) is 0 Å². The van der Waals surface area contributed by atoms with Crippen LogP contribution in [0.2, 0.25) is 0 Å². The summed E-state index contributed by atoms with van der Waals surface area (Å²) in [6, 6.07) is 0. The highest BCUT2D eigenvalue weighted by Gasteiger charge is 2.21. The zero-order valence-corrected chi connectivity index (χ0v) is 6.97. The van der Waals surface area contributed by atoms with Crippen LogP contribution in [-0.2, 0) is 4.79 Å². The number of carbonyl (C=O) groups excluding carboxylic acids is 1. The Bertz CT molecular complexity index is 201. The molecule has 1 nitrogen and oxygen atoms in total. The Kier molecular flexibility index (Phi) is 2.64. The number of hydrogen-bond acceptors (Lipinski definition) is 1. The normalized spacial score (nSPS) is 29.0. The molecule has 1 heteroatoms. The van der Waals surface area contributed by atoms with Crippen LogP contribution in [0.5, 0.6) is 0 Å². The molecule has 0 radical (unpaired) electrons. The molecule has 11 heavy (non-hydrogen) atoms. The molecular formula is C10H14O. The largest absolute Gasteiger partial charge is 0.294 e. The van der Waals surface area contributed by atoms with E-state index in [4.69, 9.17) is 0 Å². The van der Waals surface area contributed by atoms with Gasteiger partial charge in [-0.05, 0) is 24.8 Å². The van der Waals surface area contributed by atoms with E-state index in [0.29, 0.717) is 5.78 Å². The summed E-state index contributed by atoms with van der Waals surface area (Å²) in [5, 5.41) is 0. The molecule has 0 amide bonds. The first-order valence-electron chi connectivity index (χ1n) is 4.11. The lowest BCUT2D eigenvalue weighted by Crippen LogP contribution is -2.18. The zero-order chi connectivity index (χ0) is 8.27. The molecule has 1 aliphatic rings. The Hall–Kier alpha value is -0.850. The maximum absolute atomic E-state index is 11.4. The Balaban J connectivity index is 2.73. The molecule has 1 atom stereocenters. The van der Waals surface area contributed by atoms with Gasteiger partial charge < -0.3 is 0 Å². The quantitative estimate of drug-likeness (QED) is 0.525. The minimum absolute atomic E-state index is 0.231. The molecular weight excluding hydrogens is 136 g/mol. The average Bonchev–Trinajstić information content (AvgIpc) is 1.99. The van der Waals surface area contributed by atoms with Crippen molar-refractivity contribution in [2.75, 3.05) is 0 Å². The summed E-state index contributed by atoms with van der Waals surface area (Å²) in [6.07, 6.45) is 6.68. The predicted molar refractivity (Wildman–Crippen MR) is 46.3 cm³/mol. The lowest BCUT2D eigenvalue weighted by atomic mass is 9.85. The molecule has 1 aliphatic carbocycles. The Morgan fingerprint density at radius 3 is 3.00 bits per heavy atom. The van der Waals surface area contributed by atoms with Gasteiger partial charge in [0.1, 0.15) is 0 Å². The predicted octanol–water partition coefficient (Wildman–Crippen LogP) is 2.49. The van der Waals surface area contributed by atoms with Crippen molar-refractivity contribution in [3.05, 3.63) is 24.3 Å². The molecule has 0 aromatic carbocycles. The van der Waals surface area contributed by atoms with Crippen LogP contribution in [-0.4, -0.2) is 5.78 Å². The molecule has 1 unspecified atom stereocenters. The van der Waals surface area contributed by atoms with E-state index in [2.05, 4.69) is 6.58 Å². The molecule has 0 aliphatic heterocycles. The van der Waals surface area contributed by atoms with E-state index in [0.717, 1.165) is 24.8 Å². The lowest BCUT2D eigenvalue weighted by Gasteiger charge is -2.18. The molecule has 1 fully saturated rings. The summed E-state index contributed by atoms with van der Waals surface area (Å²) in [5.41, 5.74) is 0.957. The van der Waals surface area contributed by atoms with Gasteiger partial charge in [-0.2, -0.15) is 0 Å². The van der Waals surface area contributed by atoms with Crippen molar-refractivity contribution in [2.24, 2.45) is 5.92 Å². The van der Waals surface area contributed by atoms with Crippen molar-refractivity contribution >= 4 is 5.78 Å². The monoisotopic (exact) mass is 150 g/mol. The van der Waals surface area contributed by atoms with Crippen molar-refractivity contribution in [3.8, 4) is 0 Å². The molecule has 0 heterocycles. The van der Waals surface area contributed by atoms with E-state index < -0.39 is 0 Å². The summed E-state index contributed by atoms with van der Waals surface area (Å²) in [6.45, 7) is 5.58. The fraction of sp³-hybridized carbons (Fsp3) is 0.500. The minimum Gasteiger partial charge on any atom is -0.294 e. The van der Waals surface area contributed by atoms with Crippen molar-refractivity contribution in [1.29, 1.82) is 0 Å². The SMILES string of the molecule is C=CC=C1CCCC(C)C1=O. The van der Waals surface area contributed by atoms with Crippen LogP contribution in [0.15, 0.2) is 24.3 Å². The number of Topliss-reactive ketones (excluding diaryl/α,β-unsaturated/α-hetero) is 1. The molecule has 0 bridgehead atoms. The maximum atomic E-state index is 11.4. The van der Waals surface area contributed by atoms with Gasteiger partial charge in [-0.1, -0.05) is 25.7 Å². The maximum Gasteiger partial charge on any atom is 0.161 e. The fourth-order valence-corrected chi connectivity index (χ4v) is 1.48. The minimum atomic E-state index is 0.231. The van der Waals surface area contributed by atoms with E-state index in [9.17, 15) is 4.79 Å². The van der Waals surface area contributed by atoms with Crippen LogP contribution >= 0.6 is 0 Å². The third-order valence-electron chi connectivity index (χ3n) is 2.17. The summed E-state index contributed by atoms with van der Waals surface area (Å²) >= 11 is 0. The van der Waals surface area contributed by atoms with E-state index >= 15 is 0 Å². The van der Waals surface area contributed by atoms with Crippen molar-refractivity contribution in [3.63, 3.8) is 0 Å². The van der Waals surface area contributed by atoms with Crippen molar-refractivity contribution in [1.82, 2.24) is 0 Å². The van der Waals surface area contributed by atoms with Gasteiger partial charge in [0.05, 0.1) is 0 Å². The van der Waals surface area contributed by atoms with Gasteiger partial charge in [-0.3, -0.25) is 4.79 Å². The van der Waals surface area contributed by atoms with Crippen LogP contribution in [0.4, 0.5) is 0 Å². The summed E-state index contributed by atoms with van der Waals surface area (Å²) < 4.78 is 0. The first-order chi connectivity index (χ1) is 5.25. The number of hydrogen-bond donors (Lipinski definition) is 0. The van der Waals surface area contributed by atoms with Gasteiger partial charge in [0.25, 0.3) is 0 Å². The summed E-state index contributed by atoms with van der Waals surface area (Å²) in [7, 11) is 0. The average molecular weight is 150 g/mol. The highest BCUT2D eigenvalue weighted by atomic mass is 16.1. The summed E-state index contributed by atoms with van der Waals surface area (Å²) in [5.74, 6) is 0.547. The Labute approximate surface area is 67.8 Å². The van der Waals surface area contributed by atoms with Crippen LogP contribution in [0.25, 0.3) is 0 Å². The molecule has 0 aromatic heterocycles. The Morgan fingerprint density at radius 2 is 2.36 bits per heavy atom. The van der Waals surface area contributed by atoms with Gasteiger partial charge in [0.15, 0.2) is 5.78 Å². The van der Waals surface area contributed by atoms with Crippen molar-refractivity contribution < 1.29 is 4.79 Å². The third kappa shape index (κ3) is 1.79. The molecule has 0 spiro atoms. The van der Waals surface area contributed by atoms with E-state index in [1.54, 1.807) is 6.08 Å². The second-order valence-corrected chi connectivity index (χ2v) is 3.09. The van der Waals surface area contributed by atoms with Gasteiger partial charge in [0, 0.05) is 5.92 Å². The van der Waals surface area contributed by atoms with E-state index in [-0.39, 0.29) is 5.92 Å². The molecule has 0 saturated heterocycles. The van der Waals surface area contributed by atoms with Gasteiger partial charge in [0.2, 0.25) is 0 Å². The molecule has 1 rings (SSSR count). The standard InChI is InChI=1S/C10H14O/c1-3-5-9-7-4-6-8(2)10(9)11/h3,5,8H,1,4,6-7H2,2H3. The van der Waals surface area contributed by atoms with Crippen LogP contribution in [0.1, 0.15) is 26.2 Å². The topological polar surface area (TPSA) is 17.1 Å². The van der Waals surface area contributed by atoms with Crippen LogP contribution in [0, 0.1) is 5.92 Å². The van der Waals surface area contributed by atoms with Crippen molar-refractivity contribution in [2.45, 2.75) is 26.2 Å². The first-order valence-corrected chi connectivity index (χ1v) is 4.11. The third-order valence-corrected chi connectivity index (χ3v) is 2.17. The van der Waals surface area contributed by atoms with Gasteiger partial charge >= 0.3 is 0 Å². The molecule has 1 saturated carbocycles. The number of carbonyl (C=O) groups is 1. The first kappa shape index (κ1) is 8.25. The van der Waals surface area contributed by atoms with Gasteiger partial charge in [-0.25, -0.2) is 0 Å². The second-order valence-electron chi connectivity index (χ2n) is 3.09. The van der Waals surface area contributed by atoms with Gasteiger partial charge in [-0.15, -0.1) is 0 Å². The van der Waals surface area contributed by atoms with E-state index in [1.807, 2.05) is 13.0 Å². The molecule has 60 valence electrons. The highest BCUT2D eigenvalue weighted by molar-refractivity contribution is 5.97. The van der Waals surface area contributed by atoms with Crippen LogP contribution < -0.4 is 0 Å². The number of ketones is 1. The number of rotatable bonds is 1.